The Kier molecular flexibility index (Phi) is 6.06. The van der Waals surface area contributed by atoms with E-state index in [1.54, 1.807) is 0 Å². The third kappa shape index (κ3) is 4.31. The van der Waals surface area contributed by atoms with E-state index >= 15 is 0 Å². The van der Waals surface area contributed by atoms with E-state index < -0.39 is 0 Å². The van der Waals surface area contributed by atoms with Crippen LogP contribution < -0.4 is 0 Å². The molecular formula is C16H14Br2ClF. The van der Waals surface area contributed by atoms with Crippen molar-refractivity contribution in [1.82, 2.24) is 0 Å². The van der Waals surface area contributed by atoms with Crippen molar-refractivity contribution in [1.29, 1.82) is 0 Å². The Balaban J connectivity index is 2.11. The number of halogens is 4. The Hall–Kier alpha value is -0.380. The first-order chi connectivity index (χ1) is 9.60. The number of rotatable bonds is 5. The van der Waals surface area contributed by atoms with Gasteiger partial charge in [-0.25, -0.2) is 4.39 Å². The van der Waals surface area contributed by atoms with Gasteiger partial charge in [-0.1, -0.05) is 56.1 Å². The number of hydrogen-bond acceptors (Lipinski definition) is 0. The van der Waals surface area contributed by atoms with Crippen LogP contribution in [0.2, 0.25) is 0 Å². The smallest absolute Gasteiger partial charge is 0.124 e. The minimum absolute atomic E-state index is 0.228. The Bertz CT molecular complexity index is 586. The first-order valence-electron chi connectivity index (χ1n) is 6.33. The molecule has 2 rings (SSSR count). The van der Waals surface area contributed by atoms with Crippen molar-refractivity contribution < 1.29 is 4.39 Å². The van der Waals surface area contributed by atoms with Crippen molar-refractivity contribution in [3.05, 3.63) is 68.4 Å². The van der Waals surface area contributed by atoms with Crippen LogP contribution in [0, 0.1) is 11.7 Å². The molecule has 106 valence electrons. The van der Waals surface area contributed by atoms with E-state index in [0.29, 0.717) is 11.8 Å². The average Bonchev–Trinajstić information content (AvgIpc) is 2.43. The predicted octanol–water partition coefficient (Wildman–Crippen LogP) is 5.99. The molecule has 0 aliphatic rings. The van der Waals surface area contributed by atoms with E-state index in [0.717, 1.165) is 27.4 Å². The predicted molar refractivity (Wildman–Crippen MR) is 89.9 cm³/mol. The van der Waals surface area contributed by atoms with Crippen molar-refractivity contribution in [3.63, 3.8) is 0 Å². The van der Waals surface area contributed by atoms with E-state index in [1.165, 1.54) is 17.7 Å². The second-order valence-electron chi connectivity index (χ2n) is 4.76. The van der Waals surface area contributed by atoms with Crippen LogP contribution in [0.3, 0.4) is 0 Å². The van der Waals surface area contributed by atoms with Gasteiger partial charge in [0.25, 0.3) is 0 Å². The molecule has 0 aliphatic carbocycles. The summed E-state index contributed by atoms with van der Waals surface area (Å²) in [6.07, 6.45) is 1.72. The third-order valence-electron chi connectivity index (χ3n) is 3.21. The molecule has 2 aromatic rings. The van der Waals surface area contributed by atoms with Gasteiger partial charge in [-0.2, -0.15) is 0 Å². The Morgan fingerprint density at radius 3 is 2.20 bits per heavy atom. The molecule has 1 atom stereocenters. The first-order valence-corrected chi connectivity index (χ1v) is 8.45. The lowest BCUT2D eigenvalue weighted by Gasteiger charge is -2.16. The van der Waals surface area contributed by atoms with Gasteiger partial charge in [0, 0.05) is 14.8 Å². The standard InChI is InChI=1S/C16H14Br2ClF/c17-15-4-2-1-3-12(15)7-11(10-19)8-13-5-6-14(20)9-16(13)18/h1-6,9,11H,7-8,10H2. The molecule has 2 aromatic carbocycles. The molecule has 0 spiro atoms. The number of benzene rings is 2. The molecule has 0 amide bonds. The van der Waals surface area contributed by atoms with Crippen LogP contribution in [-0.2, 0) is 12.8 Å². The largest absolute Gasteiger partial charge is 0.207 e. The van der Waals surface area contributed by atoms with Crippen LogP contribution in [0.4, 0.5) is 4.39 Å². The SMILES string of the molecule is Fc1ccc(CC(CCl)Cc2ccccc2Br)c(Br)c1. The van der Waals surface area contributed by atoms with Crippen LogP contribution in [0.15, 0.2) is 51.4 Å². The zero-order valence-corrected chi connectivity index (χ0v) is 14.7. The number of hydrogen-bond donors (Lipinski definition) is 0. The normalized spacial score (nSPS) is 12.4. The molecule has 0 heterocycles. The fourth-order valence-corrected chi connectivity index (χ4v) is 3.33. The van der Waals surface area contributed by atoms with Gasteiger partial charge in [0.15, 0.2) is 0 Å². The molecule has 0 N–H and O–H groups in total. The molecular weight excluding hydrogens is 406 g/mol. The summed E-state index contributed by atoms with van der Waals surface area (Å²) in [5, 5.41) is 0. The lowest BCUT2D eigenvalue weighted by Crippen LogP contribution is -2.11. The molecule has 0 saturated carbocycles. The summed E-state index contributed by atoms with van der Waals surface area (Å²) in [7, 11) is 0. The summed E-state index contributed by atoms with van der Waals surface area (Å²) in [6, 6.07) is 13.0. The summed E-state index contributed by atoms with van der Waals surface area (Å²) in [6.45, 7) is 0. The van der Waals surface area contributed by atoms with E-state index in [9.17, 15) is 4.39 Å². The molecule has 1 unspecified atom stereocenters. The van der Waals surface area contributed by atoms with Gasteiger partial charge in [0.1, 0.15) is 5.82 Å². The second kappa shape index (κ2) is 7.58. The van der Waals surface area contributed by atoms with Gasteiger partial charge in [-0.15, -0.1) is 11.6 Å². The molecule has 0 aromatic heterocycles. The van der Waals surface area contributed by atoms with Gasteiger partial charge >= 0.3 is 0 Å². The van der Waals surface area contributed by atoms with Crippen molar-refractivity contribution >= 4 is 43.5 Å². The Labute approximate surface area is 140 Å². The van der Waals surface area contributed by atoms with Crippen molar-refractivity contribution in [2.45, 2.75) is 12.8 Å². The van der Waals surface area contributed by atoms with Crippen molar-refractivity contribution in [2.24, 2.45) is 5.92 Å². The van der Waals surface area contributed by atoms with Crippen molar-refractivity contribution in [2.75, 3.05) is 5.88 Å². The Morgan fingerprint density at radius 1 is 0.950 bits per heavy atom. The monoisotopic (exact) mass is 418 g/mol. The molecule has 0 radical (unpaired) electrons. The second-order valence-corrected chi connectivity index (χ2v) is 6.77. The summed E-state index contributed by atoms with van der Waals surface area (Å²) < 4.78 is 15.0. The van der Waals surface area contributed by atoms with E-state index in [1.807, 2.05) is 24.3 Å². The summed E-state index contributed by atoms with van der Waals surface area (Å²) in [5.41, 5.74) is 2.33. The van der Waals surface area contributed by atoms with Crippen molar-refractivity contribution in [3.8, 4) is 0 Å². The van der Waals surface area contributed by atoms with Gasteiger partial charge in [-0.3, -0.25) is 0 Å². The lowest BCUT2D eigenvalue weighted by atomic mass is 9.94. The zero-order valence-electron chi connectivity index (χ0n) is 10.8. The summed E-state index contributed by atoms with van der Waals surface area (Å²) in [4.78, 5) is 0. The molecule has 0 nitrogen and oxygen atoms in total. The van der Waals surface area contributed by atoms with Crippen LogP contribution in [-0.4, -0.2) is 5.88 Å². The Morgan fingerprint density at radius 2 is 1.60 bits per heavy atom. The highest BCUT2D eigenvalue weighted by Crippen LogP contribution is 2.25. The van der Waals surface area contributed by atoms with Gasteiger partial charge in [-0.05, 0) is 48.1 Å². The molecule has 0 fully saturated rings. The minimum Gasteiger partial charge on any atom is -0.207 e. The summed E-state index contributed by atoms with van der Waals surface area (Å²) >= 11 is 13.1. The van der Waals surface area contributed by atoms with Gasteiger partial charge in [0.2, 0.25) is 0 Å². The quantitative estimate of drug-likeness (QED) is 0.521. The number of alkyl halides is 1. The van der Waals surface area contributed by atoms with E-state index in [-0.39, 0.29) is 5.82 Å². The highest BCUT2D eigenvalue weighted by atomic mass is 79.9. The molecule has 0 aliphatic heterocycles. The highest BCUT2D eigenvalue weighted by Gasteiger charge is 2.13. The van der Waals surface area contributed by atoms with Crippen LogP contribution >= 0.6 is 43.5 Å². The average molecular weight is 421 g/mol. The van der Waals surface area contributed by atoms with Gasteiger partial charge < -0.3 is 0 Å². The first kappa shape index (κ1) is 16.0. The van der Waals surface area contributed by atoms with Crippen LogP contribution in [0.25, 0.3) is 0 Å². The highest BCUT2D eigenvalue weighted by molar-refractivity contribution is 9.10. The maximum absolute atomic E-state index is 13.1. The molecule has 0 saturated heterocycles. The van der Waals surface area contributed by atoms with E-state index in [2.05, 4.69) is 37.9 Å². The third-order valence-corrected chi connectivity index (χ3v) is 5.16. The minimum atomic E-state index is -0.228. The van der Waals surface area contributed by atoms with E-state index in [4.69, 9.17) is 11.6 Å². The van der Waals surface area contributed by atoms with Crippen LogP contribution in [0.5, 0.6) is 0 Å². The lowest BCUT2D eigenvalue weighted by molar-refractivity contribution is 0.578. The fourth-order valence-electron chi connectivity index (χ4n) is 2.15. The van der Waals surface area contributed by atoms with Gasteiger partial charge in [0.05, 0.1) is 0 Å². The molecule has 0 bridgehead atoms. The molecule has 4 heteroatoms. The topological polar surface area (TPSA) is 0 Å². The van der Waals surface area contributed by atoms with Crippen LogP contribution in [0.1, 0.15) is 11.1 Å². The zero-order chi connectivity index (χ0) is 14.5. The maximum atomic E-state index is 13.1. The maximum Gasteiger partial charge on any atom is 0.124 e. The fraction of sp³-hybridized carbons (Fsp3) is 0.250. The summed E-state index contributed by atoms with van der Waals surface area (Å²) in [5.74, 6) is 0.663. The molecule has 20 heavy (non-hydrogen) atoms.